The highest BCUT2D eigenvalue weighted by Gasteiger charge is 2.20. The van der Waals surface area contributed by atoms with E-state index in [1.807, 2.05) is 19.1 Å². The maximum absolute atomic E-state index is 12.0. The van der Waals surface area contributed by atoms with Crippen LogP contribution in [0.1, 0.15) is 23.9 Å². The van der Waals surface area contributed by atoms with E-state index in [2.05, 4.69) is 16.0 Å². The molecule has 2 heterocycles. The van der Waals surface area contributed by atoms with Crippen molar-refractivity contribution in [2.45, 2.75) is 26.7 Å². The number of fused-ring (bicyclic) bond motifs is 1. The zero-order chi connectivity index (χ0) is 13.4. The lowest BCUT2D eigenvalue weighted by Gasteiger charge is -2.10. The number of hydrogen-bond donors (Lipinski definition) is 1. The molecule has 1 aliphatic heterocycles. The number of para-hydroxylation sites is 1. The fraction of sp³-hybridized carbons (Fsp3) is 0.333. The number of nitrogens with one attached hydrogen (secondary N) is 1. The Hall–Kier alpha value is -2.10. The van der Waals surface area contributed by atoms with Crippen LogP contribution in [0.15, 0.2) is 23.0 Å². The second kappa shape index (κ2) is 4.53. The largest absolute Gasteiger partial charge is 0.492 e. The zero-order valence-electron chi connectivity index (χ0n) is 11.1. The number of nitrogens with zero attached hydrogens (tertiary/aromatic N) is 1. The first-order valence-corrected chi connectivity index (χ1v) is 6.55. The maximum atomic E-state index is 12.0. The fourth-order valence-corrected chi connectivity index (χ4v) is 2.41. The zero-order valence-corrected chi connectivity index (χ0v) is 11.1. The third-order valence-electron chi connectivity index (χ3n) is 3.50. The monoisotopic (exact) mass is 256 g/mol. The molecule has 1 N–H and O–H groups in total. The molecule has 0 aliphatic carbocycles. The first kappa shape index (κ1) is 12.0. The van der Waals surface area contributed by atoms with Crippen LogP contribution in [0.25, 0.3) is 11.3 Å². The molecule has 1 aromatic heterocycles. The van der Waals surface area contributed by atoms with Crippen LogP contribution in [0.5, 0.6) is 5.75 Å². The van der Waals surface area contributed by atoms with Gasteiger partial charge in [-0.1, -0.05) is 19.1 Å². The summed E-state index contributed by atoms with van der Waals surface area (Å²) in [5.41, 5.74) is 3.42. The highest BCUT2D eigenvalue weighted by Crippen LogP contribution is 2.36. The lowest BCUT2D eigenvalue weighted by atomic mass is 10.0. The van der Waals surface area contributed by atoms with E-state index in [4.69, 9.17) is 4.74 Å². The second-order valence-corrected chi connectivity index (χ2v) is 4.73. The molecule has 98 valence electrons. The predicted octanol–water partition coefficient (Wildman–Crippen LogP) is 2.24. The van der Waals surface area contributed by atoms with Gasteiger partial charge in [0.2, 0.25) is 0 Å². The highest BCUT2D eigenvalue weighted by atomic mass is 16.5. The van der Waals surface area contributed by atoms with Gasteiger partial charge in [0.25, 0.3) is 5.56 Å². The molecule has 4 nitrogen and oxygen atoms in total. The average molecular weight is 256 g/mol. The molecule has 2 aromatic rings. The number of rotatable bonds is 2. The van der Waals surface area contributed by atoms with Crippen LogP contribution in [0.2, 0.25) is 0 Å². The van der Waals surface area contributed by atoms with Crippen molar-refractivity contribution in [2.24, 2.45) is 0 Å². The van der Waals surface area contributed by atoms with E-state index in [1.54, 1.807) is 6.92 Å². The van der Waals surface area contributed by atoms with Crippen LogP contribution in [0, 0.1) is 6.92 Å². The lowest BCUT2D eigenvalue weighted by molar-refractivity contribution is 0.358. The van der Waals surface area contributed by atoms with Gasteiger partial charge >= 0.3 is 0 Å². The summed E-state index contributed by atoms with van der Waals surface area (Å²) >= 11 is 0. The van der Waals surface area contributed by atoms with Gasteiger partial charge in [-0.2, -0.15) is 0 Å². The molecule has 1 aromatic carbocycles. The number of H-pyrrole nitrogens is 1. The normalized spacial score (nSPS) is 13.2. The number of aryl methyl sites for hydroxylation is 1. The molecule has 0 saturated heterocycles. The molecule has 0 fully saturated rings. The van der Waals surface area contributed by atoms with E-state index in [0.717, 1.165) is 23.4 Å². The number of ether oxygens (including phenoxy) is 1. The Morgan fingerprint density at radius 1 is 1.42 bits per heavy atom. The summed E-state index contributed by atoms with van der Waals surface area (Å²) in [6.45, 7) is 4.48. The first-order chi connectivity index (χ1) is 9.20. The van der Waals surface area contributed by atoms with E-state index in [1.165, 1.54) is 5.56 Å². The van der Waals surface area contributed by atoms with Crippen LogP contribution in [0.4, 0.5) is 0 Å². The molecular formula is C15H16N2O2. The Bertz CT molecular complexity index is 689. The minimum Gasteiger partial charge on any atom is -0.492 e. The molecule has 4 heteroatoms. The summed E-state index contributed by atoms with van der Waals surface area (Å²) < 4.78 is 5.70. The Labute approximate surface area is 111 Å². The van der Waals surface area contributed by atoms with Crippen molar-refractivity contribution in [1.29, 1.82) is 0 Å². The molecule has 0 radical (unpaired) electrons. The summed E-state index contributed by atoms with van der Waals surface area (Å²) in [4.78, 5) is 19.3. The Kier molecular flexibility index (Phi) is 2.85. The van der Waals surface area contributed by atoms with Crippen LogP contribution >= 0.6 is 0 Å². The van der Waals surface area contributed by atoms with Crippen molar-refractivity contribution < 1.29 is 4.74 Å². The van der Waals surface area contributed by atoms with E-state index in [9.17, 15) is 4.79 Å². The summed E-state index contributed by atoms with van der Waals surface area (Å²) in [6.07, 6.45) is 1.63. The molecule has 0 saturated carbocycles. The van der Waals surface area contributed by atoms with Gasteiger partial charge in [0.15, 0.2) is 0 Å². The van der Waals surface area contributed by atoms with Crippen LogP contribution in [0.3, 0.4) is 0 Å². The van der Waals surface area contributed by atoms with Gasteiger partial charge in [0, 0.05) is 24.0 Å². The Balaban J connectivity index is 2.26. The highest BCUT2D eigenvalue weighted by molar-refractivity contribution is 5.72. The molecule has 1 aliphatic rings. The molecular weight excluding hydrogens is 240 g/mol. The number of aromatic nitrogens is 2. The molecule has 19 heavy (non-hydrogen) atoms. The average Bonchev–Trinajstić information content (AvgIpc) is 2.90. The SMILES string of the molecule is CCc1nc(-c2cccc3c2OCC3)c(C)c(=O)[nH]1. The second-order valence-electron chi connectivity index (χ2n) is 4.73. The van der Waals surface area contributed by atoms with Gasteiger partial charge in [-0.3, -0.25) is 4.79 Å². The van der Waals surface area contributed by atoms with Gasteiger partial charge < -0.3 is 9.72 Å². The van der Waals surface area contributed by atoms with Crippen molar-refractivity contribution >= 4 is 0 Å². The van der Waals surface area contributed by atoms with E-state index in [0.29, 0.717) is 24.4 Å². The lowest BCUT2D eigenvalue weighted by Crippen LogP contribution is -2.15. The van der Waals surface area contributed by atoms with Crippen molar-refractivity contribution in [3.63, 3.8) is 0 Å². The predicted molar refractivity (Wildman–Crippen MR) is 73.6 cm³/mol. The first-order valence-electron chi connectivity index (χ1n) is 6.55. The maximum Gasteiger partial charge on any atom is 0.254 e. The standard InChI is InChI=1S/C15H16N2O2/c1-3-12-16-13(9(2)15(18)17-12)11-6-4-5-10-7-8-19-14(10)11/h4-6H,3,7-8H2,1-2H3,(H,16,17,18). The topological polar surface area (TPSA) is 55.0 Å². The van der Waals surface area contributed by atoms with Crippen molar-refractivity contribution in [1.82, 2.24) is 9.97 Å². The van der Waals surface area contributed by atoms with Gasteiger partial charge in [0.05, 0.1) is 12.3 Å². The molecule has 3 rings (SSSR count). The molecule has 0 amide bonds. The molecule has 0 spiro atoms. The molecule has 0 bridgehead atoms. The summed E-state index contributed by atoms with van der Waals surface area (Å²) in [6, 6.07) is 6.03. The van der Waals surface area contributed by atoms with Gasteiger partial charge in [-0.15, -0.1) is 0 Å². The third-order valence-corrected chi connectivity index (χ3v) is 3.50. The van der Waals surface area contributed by atoms with Crippen molar-refractivity contribution in [3.05, 3.63) is 45.5 Å². The minimum absolute atomic E-state index is 0.0718. The quantitative estimate of drug-likeness (QED) is 0.896. The van der Waals surface area contributed by atoms with Crippen LogP contribution in [-0.2, 0) is 12.8 Å². The minimum atomic E-state index is -0.0718. The fourth-order valence-electron chi connectivity index (χ4n) is 2.41. The molecule has 0 unspecified atom stereocenters. The van der Waals surface area contributed by atoms with Gasteiger partial charge in [-0.05, 0) is 18.6 Å². The third kappa shape index (κ3) is 1.93. The Morgan fingerprint density at radius 2 is 2.26 bits per heavy atom. The van der Waals surface area contributed by atoms with Crippen LogP contribution in [-0.4, -0.2) is 16.6 Å². The Morgan fingerprint density at radius 3 is 3.05 bits per heavy atom. The summed E-state index contributed by atoms with van der Waals surface area (Å²) in [5.74, 6) is 1.59. The van der Waals surface area contributed by atoms with Gasteiger partial charge in [-0.25, -0.2) is 4.98 Å². The number of benzene rings is 1. The van der Waals surface area contributed by atoms with Gasteiger partial charge in [0.1, 0.15) is 11.6 Å². The van der Waals surface area contributed by atoms with Crippen molar-refractivity contribution in [2.75, 3.05) is 6.61 Å². The smallest absolute Gasteiger partial charge is 0.254 e. The van der Waals surface area contributed by atoms with E-state index >= 15 is 0 Å². The number of aromatic amines is 1. The van der Waals surface area contributed by atoms with Crippen LogP contribution < -0.4 is 10.3 Å². The van der Waals surface area contributed by atoms with E-state index < -0.39 is 0 Å². The number of hydrogen-bond acceptors (Lipinski definition) is 3. The summed E-state index contributed by atoms with van der Waals surface area (Å²) in [5, 5.41) is 0. The van der Waals surface area contributed by atoms with Crippen molar-refractivity contribution in [3.8, 4) is 17.0 Å². The van der Waals surface area contributed by atoms with E-state index in [-0.39, 0.29) is 5.56 Å². The summed E-state index contributed by atoms with van der Waals surface area (Å²) in [7, 11) is 0. The molecule has 0 atom stereocenters.